The van der Waals surface area contributed by atoms with Crippen molar-refractivity contribution in [2.75, 3.05) is 6.54 Å². The van der Waals surface area contributed by atoms with Gasteiger partial charge in [0.25, 0.3) is 5.91 Å². The van der Waals surface area contributed by atoms with E-state index in [1.807, 2.05) is 0 Å². The van der Waals surface area contributed by atoms with Crippen molar-refractivity contribution in [2.45, 2.75) is 13.3 Å². The van der Waals surface area contributed by atoms with Gasteiger partial charge in [0, 0.05) is 18.8 Å². The first-order chi connectivity index (χ1) is 13.9. The van der Waals surface area contributed by atoms with E-state index in [9.17, 15) is 25.0 Å². The van der Waals surface area contributed by atoms with E-state index in [0.29, 0.717) is 0 Å². The summed E-state index contributed by atoms with van der Waals surface area (Å²) in [5, 5.41) is 32.1. The molecule has 2 aromatic heterocycles. The molecule has 0 aliphatic heterocycles. The normalized spacial score (nSPS) is 10.5. The number of carbonyl (C=O) groups is 1. The lowest BCUT2D eigenvalue weighted by atomic mass is 10.3. The van der Waals surface area contributed by atoms with Gasteiger partial charge in [0.05, 0.1) is 16.4 Å². The summed E-state index contributed by atoms with van der Waals surface area (Å²) >= 11 is 0. The van der Waals surface area contributed by atoms with Crippen LogP contribution in [0.5, 0.6) is 5.75 Å². The van der Waals surface area contributed by atoms with Crippen LogP contribution >= 0.6 is 0 Å². The van der Waals surface area contributed by atoms with Crippen LogP contribution in [0, 0.1) is 20.2 Å². The minimum absolute atomic E-state index is 0.0901. The summed E-state index contributed by atoms with van der Waals surface area (Å²) in [7, 11) is 0. The Balaban J connectivity index is 1.50. The average molecular weight is 401 g/mol. The second-order valence-electron chi connectivity index (χ2n) is 5.71. The van der Waals surface area contributed by atoms with Crippen molar-refractivity contribution in [3.8, 4) is 5.75 Å². The molecule has 0 atom stereocenters. The second-order valence-corrected chi connectivity index (χ2v) is 5.71. The summed E-state index contributed by atoms with van der Waals surface area (Å²) < 4.78 is 8.07. The number of aromatic nitrogens is 4. The molecule has 3 aromatic rings. The molecule has 0 unspecified atom stereocenters. The van der Waals surface area contributed by atoms with Gasteiger partial charge in [0.1, 0.15) is 18.1 Å². The lowest BCUT2D eigenvalue weighted by molar-refractivity contribution is -0.386. The number of para-hydroxylation sites is 2. The Morgan fingerprint density at radius 1 is 1.14 bits per heavy atom. The lowest BCUT2D eigenvalue weighted by Crippen LogP contribution is -2.28. The van der Waals surface area contributed by atoms with Crippen molar-refractivity contribution < 1.29 is 19.4 Å². The fourth-order valence-corrected chi connectivity index (χ4v) is 2.36. The Morgan fingerprint density at radius 3 is 2.66 bits per heavy atom. The summed E-state index contributed by atoms with van der Waals surface area (Å²) in [6.45, 7) is 0.327. The molecular weight excluding hydrogens is 386 g/mol. The number of hydrogen-bond acceptors (Lipinski definition) is 8. The third-order valence-electron chi connectivity index (χ3n) is 3.74. The number of amides is 1. The number of nitro groups is 2. The topological polar surface area (TPSA) is 160 Å². The standard InChI is InChI=1S/C16H15N7O6/c24-16(17-6-8-20-10-12(9-18-20)22(25)26)13-5-7-21(19-13)11-29-15-4-2-1-3-14(15)23(27)28/h1-5,7,9-10H,6,8,11H2,(H,17,24). The molecule has 1 amide bonds. The molecule has 29 heavy (non-hydrogen) atoms. The molecule has 0 aliphatic carbocycles. The molecule has 0 fully saturated rings. The average Bonchev–Trinajstić information content (AvgIpc) is 3.36. The number of ether oxygens (including phenoxy) is 1. The second kappa shape index (κ2) is 8.60. The van der Waals surface area contributed by atoms with Crippen LogP contribution in [0.1, 0.15) is 10.5 Å². The van der Waals surface area contributed by atoms with Gasteiger partial charge in [0.2, 0.25) is 0 Å². The Kier molecular flexibility index (Phi) is 5.77. The predicted octanol–water partition coefficient (Wildman–Crippen LogP) is 1.36. The number of hydrogen-bond donors (Lipinski definition) is 1. The molecule has 2 heterocycles. The van der Waals surface area contributed by atoms with Gasteiger partial charge in [0.15, 0.2) is 12.5 Å². The van der Waals surface area contributed by atoms with Crippen LogP contribution < -0.4 is 10.1 Å². The molecule has 0 aliphatic rings. The molecule has 0 bridgehead atoms. The fraction of sp³-hybridized carbons (Fsp3) is 0.188. The van der Waals surface area contributed by atoms with Gasteiger partial charge in [-0.25, -0.2) is 4.68 Å². The van der Waals surface area contributed by atoms with Crippen molar-refractivity contribution >= 4 is 17.3 Å². The van der Waals surface area contributed by atoms with Crippen molar-refractivity contribution in [1.82, 2.24) is 24.9 Å². The third-order valence-corrected chi connectivity index (χ3v) is 3.74. The van der Waals surface area contributed by atoms with E-state index >= 15 is 0 Å². The number of benzene rings is 1. The van der Waals surface area contributed by atoms with Gasteiger partial charge in [-0.2, -0.15) is 10.2 Å². The van der Waals surface area contributed by atoms with E-state index in [-0.39, 0.29) is 42.6 Å². The van der Waals surface area contributed by atoms with Crippen LogP contribution in [0.2, 0.25) is 0 Å². The Morgan fingerprint density at radius 2 is 1.93 bits per heavy atom. The quantitative estimate of drug-likeness (QED) is 0.415. The fourth-order valence-electron chi connectivity index (χ4n) is 2.36. The van der Waals surface area contributed by atoms with Crippen LogP contribution in [0.3, 0.4) is 0 Å². The smallest absolute Gasteiger partial charge is 0.311 e. The highest BCUT2D eigenvalue weighted by Gasteiger charge is 2.15. The monoisotopic (exact) mass is 401 g/mol. The van der Waals surface area contributed by atoms with Crippen LogP contribution in [0.25, 0.3) is 0 Å². The number of carbonyl (C=O) groups excluding carboxylic acids is 1. The van der Waals surface area contributed by atoms with Gasteiger partial charge in [-0.1, -0.05) is 12.1 Å². The molecule has 150 valence electrons. The van der Waals surface area contributed by atoms with E-state index in [0.717, 1.165) is 6.20 Å². The molecule has 0 saturated carbocycles. The van der Waals surface area contributed by atoms with E-state index < -0.39 is 15.8 Å². The Labute approximate surface area is 162 Å². The molecule has 1 N–H and O–H groups in total. The number of nitrogens with one attached hydrogen (secondary N) is 1. The molecular formula is C16H15N7O6. The molecule has 3 rings (SSSR count). The zero-order valence-electron chi connectivity index (χ0n) is 14.9. The zero-order valence-corrected chi connectivity index (χ0v) is 14.9. The van der Waals surface area contributed by atoms with Crippen molar-refractivity contribution in [1.29, 1.82) is 0 Å². The molecule has 0 radical (unpaired) electrons. The minimum Gasteiger partial charge on any atom is -0.464 e. The summed E-state index contributed by atoms with van der Waals surface area (Å²) in [5.41, 5.74) is -0.173. The van der Waals surface area contributed by atoms with E-state index in [1.54, 1.807) is 6.07 Å². The van der Waals surface area contributed by atoms with Gasteiger partial charge in [-0.3, -0.25) is 29.7 Å². The highest BCUT2D eigenvalue weighted by atomic mass is 16.6. The first-order valence-corrected chi connectivity index (χ1v) is 8.29. The maximum absolute atomic E-state index is 12.1. The van der Waals surface area contributed by atoms with Crippen molar-refractivity contribution in [3.05, 3.63) is 74.8 Å². The number of nitrogens with zero attached hydrogens (tertiary/aromatic N) is 6. The van der Waals surface area contributed by atoms with Gasteiger partial charge in [-0.05, 0) is 12.1 Å². The SMILES string of the molecule is O=C(NCCn1cc([N+](=O)[O-])cn1)c1ccn(COc2ccccc2[N+](=O)[O-])n1. The Bertz CT molecular complexity index is 1040. The summed E-state index contributed by atoms with van der Waals surface area (Å²) in [5.74, 6) is -0.358. The van der Waals surface area contributed by atoms with Gasteiger partial charge in [-0.15, -0.1) is 0 Å². The lowest BCUT2D eigenvalue weighted by Gasteiger charge is -2.06. The summed E-state index contributed by atoms with van der Waals surface area (Å²) in [4.78, 5) is 32.6. The molecule has 13 nitrogen and oxygen atoms in total. The first kappa shape index (κ1) is 19.5. The molecule has 0 spiro atoms. The molecule has 0 saturated heterocycles. The van der Waals surface area contributed by atoms with Crippen LogP contribution in [0.4, 0.5) is 11.4 Å². The first-order valence-electron chi connectivity index (χ1n) is 8.29. The minimum atomic E-state index is -0.555. The van der Waals surface area contributed by atoms with Crippen LogP contribution in [0.15, 0.2) is 48.9 Å². The highest BCUT2D eigenvalue weighted by molar-refractivity contribution is 5.92. The van der Waals surface area contributed by atoms with E-state index in [2.05, 4.69) is 15.5 Å². The third kappa shape index (κ3) is 4.91. The number of rotatable bonds is 9. The number of nitro benzene ring substituents is 1. The van der Waals surface area contributed by atoms with E-state index in [1.165, 1.54) is 46.0 Å². The van der Waals surface area contributed by atoms with Gasteiger partial charge < -0.3 is 10.1 Å². The zero-order chi connectivity index (χ0) is 20.8. The van der Waals surface area contributed by atoms with Crippen molar-refractivity contribution in [3.63, 3.8) is 0 Å². The largest absolute Gasteiger partial charge is 0.464 e. The van der Waals surface area contributed by atoms with Gasteiger partial charge >= 0.3 is 11.4 Å². The van der Waals surface area contributed by atoms with Crippen molar-refractivity contribution in [2.24, 2.45) is 0 Å². The van der Waals surface area contributed by atoms with Crippen LogP contribution in [-0.4, -0.2) is 41.9 Å². The summed E-state index contributed by atoms with van der Waals surface area (Å²) in [6.07, 6.45) is 3.89. The maximum atomic E-state index is 12.1. The predicted molar refractivity (Wildman–Crippen MR) is 97.2 cm³/mol. The molecule has 13 heteroatoms. The highest BCUT2D eigenvalue weighted by Crippen LogP contribution is 2.25. The Hall–Kier alpha value is -4.29. The summed E-state index contributed by atoms with van der Waals surface area (Å²) in [6, 6.07) is 7.40. The van der Waals surface area contributed by atoms with Crippen LogP contribution in [-0.2, 0) is 13.3 Å². The van der Waals surface area contributed by atoms with E-state index in [4.69, 9.17) is 4.74 Å². The maximum Gasteiger partial charge on any atom is 0.311 e. The molecule has 1 aromatic carbocycles.